The van der Waals surface area contributed by atoms with E-state index in [0.29, 0.717) is 16.6 Å². The van der Waals surface area contributed by atoms with E-state index in [1.165, 1.54) is 0 Å². The highest BCUT2D eigenvalue weighted by molar-refractivity contribution is 6.32. The van der Waals surface area contributed by atoms with Crippen LogP contribution in [0.25, 0.3) is 17.0 Å². The molecule has 0 saturated carbocycles. The average Bonchev–Trinajstić information content (AvgIpc) is 2.98. The van der Waals surface area contributed by atoms with Gasteiger partial charge in [0.2, 0.25) is 0 Å². The number of rotatable bonds is 2. The minimum atomic E-state index is 0.348. The lowest BCUT2D eigenvalue weighted by Gasteiger charge is -2.08. The number of hydrogen-bond donors (Lipinski definition) is 1. The van der Waals surface area contributed by atoms with Crippen molar-refractivity contribution in [2.24, 2.45) is 0 Å². The average molecular weight is 275 g/mol. The standard InChI is InChI=1S/C13H11ClN4O/c1-8-16-4-5-18(8)11-3-2-9(6-10(11)14)12-7-13(15)17-19-12/h2-7H,1H3,(H2,15,17). The molecular weight excluding hydrogens is 264 g/mol. The Morgan fingerprint density at radius 3 is 2.74 bits per heavy atom. The fourth-order valence-corrected chi connectivity index (χ4v) is 2.18. The summed E-state index contributed by atoms with van der Waals surface area (Å²) in [5, 5.41) is 4.26. The van der Waals surface area contributed by atoms with E-state index in [2.05, 4.69) is 10.1 Å². The molecule has 6 heteroatoms. The number of benzene rings is 1. The van der Waals surface area contributed by atoms with Crippen molar-refractivity contribution in [1.82, 2.24) is 14.7 Å². The Hall–Kier alpha value is -2.27. The molecule has 0 aliphatic rings. The number of aryl methyl sites for hydroxylation is 1. The third kappa shape index (κ3) is 2.08. The molecule has 2 heterocycles. The summed E-state index contributed by atoms with van der Waals surface area (Å²) in [6.45, 7) is 1.92. The predicted molar refractivity (Wildman–Crippen MR) is 73.2 cm³/mol. The molecular formula is C13H11ClN4O. The van der Waals surface area contributed by atoms with Crippen LogP contribution in [0.5, 0.6) is 0 Å². The van der Waals surface area contributed by atoms with E-state index in [1.54, 1.807) is 12.3 Å². The molecule has 0 saturated heterocycles. The quantitative estimate of drug-likeness (QED) is 0.780. The predicted octanol–water partition coefficient (Wildman–Crippen LogP) is 3.07. The lowest BCUT2D eigenvalue weighted by atomic mass is 10.1. The zero-order valence-electron chi connectivity index (χ0n) is 10.2. The summed E-state index contributed by atoms with van der Waals surface area (Å²) >= 11 is 6.31. The van der Waals surface area contributed by atoms with E-state index < -0.39 is 0 Å². The number of anilines is 1. The second kappa shape index (κ2) is 4.44. The number of nitrogens with two attached hydrogens (primary N) is 1. The molecule has 1 aromatic carbocycles. The largest absolute Gasteiger partial charge is 0.381 e. The normalized spacial score (nSPS) is 10.8. The van der Waals surface area contributed by atoms with Crippen LogP contribution in [0.15, 0.2) is 41.2 Å². The Kier molecular flexibility index (Phi) is 2.76. The van der Waals surface area contributed by atoms with Crippen LogP contribution in [0.2, 0.25) is 5.02 Å². The van der Waals surface area contributed by atoms with Crippen molar-refractivity contribution in [2.45, 2.75) is 6.92 Å². The highest BCUT2D eigenvalue weighted by Gasteiger charge is 2.10. The van der Waals surface area contributed by atoms with Gasteiger partial charge in [-0.2, -0.15) is 0 Å². The maximum atomic E-state index is 6.31. The molecule has 3 rings (SSSR count). The number of nitrogen functional groups attached to an aromatic ring is 1. The molecule has 0 aliphatic heterocycles. The van der Waals surface area contributed by atoms with E-state index in [0.717, 1.165) is 17.1 Å². The Labute approximate surface area is 114 Å². The van der Waals surface area contributed by atoms with Gasteiger partial charge in [-0.1, -0.05) is 16.8 Å². The topological polar surface area (TPSA) is 69.9 Å². The zero-order chi connectivity index (χ0) is 13.4. The molecule has 0 aliphatic carbocycles. The maximum absolute atomic E-state index is 6.31. The number of aromatic nitrogens is 3. The van der Waals surface area contributed by atoms with Gasteiger partial charge in [0.05, 0.1) is 10.7 Å². The lowest BCUT2D eigenvalue weighted by Crippen LogP contribution is -1.96. The highest BCUT2D eigenvalue weighted by Crippen LogP contribution is 2.29. The lowest BCUT2D eigenvalue weighted by molar-refractivity contribution is 0.436. The Morgan fingerprint density at radius 2 is 2.16 bits per heavy atom. The Balaban J connectivity index is 2.06. The molecule has 2 aromatic heterocycles. The fourth-order valence-electron chi connectivity index (χ4n) is 1.91. The Bertz CT molecular complexity index is 732. The molecule has 0 spiro atoms. The van der Waals surface area contributed by atoms with Crippen molar-refractivity contribution < 1.29 is 4.52 Å². The monoisotopic (exact) mass is 274 g/mol. The minimum Gasteiger partial charge on any atom is -0.381 e. The van der Waals surface area contributed by atoms with Gasteiger partial charge in [0, 0.05) is 24.0 Å². The van der Waals surface area contributed by atoms with Crippen LogP contribution >= 0.6 is 11.6 Å². The van der Waals surface area contributed by atoms with Crippen LogP contribution in [-0.2, 0) is 0 Å². The Morgan fingerprint density at radius 1 is 1.32 bits per heavy atom. The zero-order valence-corrected chi connectivity index (χ0v) is 10.9. The molecule has 5 nitrogen and oxygen atoms in total. The van der Waals surface area contributed by atoms with Crippen LogP contribution in [-0.4, -0.2) is 14.7 Å². The number of halogens is 1. The summed E-state index contributed by atoms with van der Waals surface area (Å²) in [6, 6.07) is 7.29. The van der Waals surface area contributed by atoms with Crippen molar-refractivity contribution in [2.75, 3.05) is 5.73 Å². The molecule has 0 amide bonds. The van der Waals surface area contributed by atoms with E-state index >= 15 is 0 Å². The highest BCUT2D eigenvalue weighted by atomic mass is 35.5. The second-order valence-corrected chi connectivity index (χ2v) is 4.53. The minimum absolute atomic E-state index is 0.348. The van der Waals surface area contributed by atoms with Gasteiger partial charge in [-0.25, -0.2) is 4.98 Å². The van der Waals surface area contributed by atoms with Gasteiger partial charge in [0.25, 0.3) is 0 Å². The molecule has 0 atom stereocenters. The van der Waals surface area contributed by atoms with E-state index in [-0.39, 0.29) is 0 Å². The maximum Gasteiger partial charge on any atom is 0.169 e. The van der Waals surface area contributed by atoms with Crippen molar-refractivity contribution >= 4 is 17.4 Å². The summed E-state index contributed by atoms with van der Waals surface area (Å²) in [7, 11) is 0. The van der Waals surface area contributed by atoms with Crippen LogP contribution in [0, 0.1) is 6.92 Å². The third-order valence-electron chi connectivity index (χ3n) is 2.85. The van der Waals surface area contributed by atoms with Gasteiger partial charge in [-0.15, -0.1) is 0 Å². The first-order chi connectivity index (χ1) is 9.15. The number of nitrogens with zero attached hydrogens (tertiary/aromatic N) is 3. The molecule has 0 unspecified atom stereocenters. The van der Waals surface area contributed by atoms with E-state index in [1.807, 2.05) is 35.9 Å². The third-order valence-corrected chi connectivity index (χ3v) is 3.15. The summed E-state index contributed by atoms with van der Waals surface area (Å²) in [4.78, 5) is 4.18. The molecule has 0 fully saturated rings. The summed E-state index contributed by atoms with van der Waals surface area (Å²) in [6.07, 6.45) is 3.60. The SMILES string of the molecule is Cc1nccn1-c1ccc(-c2cc(N)no2)cc1Cl. The van der Waals surface area contributed by atoms with Gasteiger partial charge < -0.3 is 14.8 Å². The van der Waals surface area contributed by atoms with Gasteiger partial charge >= 0.3 is 0 Å². The van der Waals surface area contributed by atoms with Crippen molar-refractivity contribution in [3.63, 3.8) is 0 Å². The van der Waals surface area contributed by atoms with Crippen molar-refractivity contribution in [3.8, 4) is 17.0 Å². The first kappa shape index (κ1) is 11.8. The second-order valence-electron chi connectivity index (χ2n) is 4.13. The molecule has 19 heavy (non-hydrogen) atoms. The van der Waals surface area contributed by atoms with Gasteiger partial charge in [-0.3, -0.25) is 0 Å². The first-order valence-electron chi connectivity index (χ1n) is 5.67. The molecule has 2 N–H and O–H groups in total. The van der Waals surface area contributed by atoms with Crippen LogP contribution in [0.3, 0.4) is 0 Å². The number of hydrogen-bond acceptors (Lipinski definition) is 4. The first-order valence-corrected chi connectivity index (χ1v) is 6.05. The van der Waals surface area contributed by atoms with E-state index in [4.69, 9.17) is 21.9 Å². The van der Waals surface area contributed by atoms with Gasteiger partial charge in [0.15, 0.2) is 11.6 Å². The molecule has 96 valence electrons. The summed E-state index contributed by atoms with van der Waals surface area (Å²) in [5.41, 5.74) is 7.23. The van der Waals surface area contributed by atoms with Crippen molar-refractivity contribution in [1.29, 1.82) is 0 Å². The number of imidazole rings is 1. The van der Waals surface area contributed by atoms with Crippen LogP contribution < -0.4 is 5.73 Å². The van der Waals surface area contributed by atoms with Crippen LogP contribution in [0.1, 0.15) is 5.82 Å². The van der Waals surface area contributed by atoms with Crippen molar-refractivity contribution in [3.05, 3.63) is 47.5 Å². The molecule has 0 radical (unpaired) electrons. The molecule has 0 bridgehead atoms. The van der Waals surface area contributed by atoms with Gasteiger partial charge in [0.1, 0.15) is 5.82 Å². The smallest absolute Gasteiger partial charge is 0.169 e. The summed E-state index contributed by atoms with van der Waals surface area (Å²) in [5.74, 6) is 1.81. The fraction of sp³-hybridized carbons (Fsp3) is 0.0769. The molecule has 3 aromatic rings. The van der Waals surface area contributed by atoms with Crippen LogP contribution in [0.4, 0.5) is 5.82 Å². The van der Waals surface area contributed by atoms with Gasteiger partial charge in [-0.05, 0) is 25.1 Å². The summed E-state index contributed by atoms with van der Waals surface area (Å²) < 4.78 is 7.02. The van der Waals surface area contributed by atoms with E-state index in [9.17, 15) is 0 Å².